The predicted molar refractivity (Wildman–Crippen MR) is 90.4 cm³/mol. The van der Waals surface area contributed by atoms with Crippen LogP contribution in [-0.2, 0) is 9.59 Å². The van der Waals surface area contributed by atoms with E-state index < -0.39 is 5.41 Å². The molecule has 0 spiro atoms. The zero-order chi connectivity index (χ0) is 17.0. The Bertz CT molecular complexity index is 561. The summed E-state index contributed by atoms with van der Waals surface area (Å²) >= 11 is 0. The third kappa shape index (κ3) is 4.47. The van der Waals surface area contributed by atoms with Crippen LogP contribution in [0.3, 0.4) is 0 Å². The van der Waals surface area contributed by atoms with Gasteiger partial charge in [0.2, 0.25) is 11.8 Å². The van der Waals surface area contributed by atoms with E-state index >= 15 is 0 Å². The summed E-state index contributed by atoms with van der Waals surface area (Å²) < 4.78 is 5.11. The smallest absolute Gasteiger partial charge is 0.229 e. The quantitative estimate of drug-likeness (QED) is 0.932. The molecule has 2 rings (SSSR count). The summed E-state index contributed by atoms with van der Waals surface area (Å²) in [6.45, 7) is 6.98. The molecule has 0 aromatic heterocycles. The Hall–Kier alpha value is -2.04. The highest BCUT2D eigenvalue weighted by molar-refractivity contribution is 5.93. The summed E-state index contributed by atoms with van der Waals surface area (Å²) in [6.07, 6.45) is 1.68. The minimum absolute atomic E-state index is 0.0263. The van der Waals surface area contributed by atoms with Gasteiger partial charge in [0.1, 0.15) is 5.75 Å². The van der Waals surface area contributed by atoms with Gasteiger partial charge in [-0.25, -0.2) is 0 Å². The summed E-state index contributed by atoms with van der Waals surface area (Å²) in [5.74, 6) is 0.681. The minimum atomic E-state index is -0.408. The number of ether oxygens (including phenoxy) is 1. The fourth-order valence-electron chi connectivity index (χ4n) is 2.77. The topological polar surface area (TPSA) is 58.6 Å². The Labute approximate surface area is 138 Å². The second-order valence-corrected chi connectivity index (χ2v) is 7.06. The van der Waals surface area contributed by atoms with E-state index in [-0.39, 0.29) is 17.7 Å². The molecule has 0 saturated carbocycles. The fraction of sp³-hybridized carbons (Fsp3) is 0.556. The van der Waals surface area contributed by atoms with Crippen LogP contribution in [0.4, 0.5) is 5.69 Å². The summed E-state index contributed by atoms with van der Waals surface area (Å²) in [7, 11) is 1.61. The molecule has 1 aromatic carbocycles. The molecule has 126 valence electrons. The van der Waals surface area contributed by atoms with Crippen LogP contribution in [0.5, 0.6) is 5.75 Å². The third-order valence-corrected chi connectivity index (χ3v) is 4.08. The first kappa shape index (κ1) is 17.3. The molecule has 1 fully saturated rings. The first-order chi connectivity index (χ1) is 10.8. The maximum Gasteiger partial charge on any atom is 0.229 e. The molecule has 5 nitrogen and oxygen atoms in total. The Morgan fingerprint density at radius 2 is 1.87 bits per heavy atom. The van der Waals surface area contributed by atoms with Crippen LogP contribution in [0.1, 0.15) is 33.6 Å². The van der Waals surface area contributed by atoms with E-state index in [9.17, 15) is 9.59 Å². The zero-order valence-electron chi connectivity index (χ0n) is 14.4. The van der Waals surface area contributed by atoms with Gasteiger partial charge in [-0.2, -0.15) is 0 Å². The van der Waals surface area contributed by atoms with Crippen LogP contribution >= 0.6 is 0 Å². The number of likely N-dealkylation sites (tertiary alicyclic amines) is 1. The van der Waals surface area contributed by atoms with E-state index in [0.717, 1.165) is 30.8 Å². The third-order valence-electron chi connectivity index (χ3n) is 4.08. The molecule has 0 radical (unpaired) electrons. The molecule has 1 N–H and O–H groups in total. The standard InChI is InChI=1S/C18H26N2O3/c1-18(2,3)17(22)20-11-5-6-13(12-20)16(21)19-14-7-9-15(23-4)10-8-14/h7-10,13H,5-6,11-12H2,1-4H3,(H,19,21)/t13-/m1/s1. The molecular weight excluding hydrogens is 292 g/mol. The van der Waals surface area contributed by atoms with E-state index in [2.05, 4.69) is 5.32 Å². The highest BCUT2D eigenvalue weighted by atomic mass is 16.5. The lowest BCUT2D eigenvalue weighted by Gasteiger charge is -2.35. The number of carbonyl (C=O) groups excluding carboxylic acids is 2. The first-order valence-electron chi connectivity index (χ1n) is 8.05. The Morgan fingerprint density at radius 3 is 2.43 bits per heavy atom. The second kappa shape index (κ2) is 7.02. The maximum atomic E-state index is 12.5. The minimum Gasteiger partial charge on any atom is -0.497 e. The SMILES string of the molecule is COc1ccc(NC(=O)[C@@H]2CCCN(C(=O)C(C)(C)C)C2)cc1. The van der Waals surface area contributed by atoms with Gasteiger partial charge >= 0.3 is 0 Å². The van der Waals surface area contributed by atoms with Gasteiger partial charge in [-0.05, 0) is 37.1 Å². The van der Waals surface area contributed by atoms with Crippen LogP contribution in [0.25, 0.3) is 0 Å². The molecule has 0 bridgehead atoms. The molecule has 0 aliphatic carbocycles. The van der Waals surface area contributed by atoms with Crippen molar-refractivity contribution in [1.82, 2.24) is 4.90 Å². The summed E-state index contributed by atoms with van der Waals surface area (Å²) in [5.41, 5.74) is 0.337. The number of benzene rings is 1. The van der Waals surface area contributed by atoms with Crippen LogP contribution in [0.2, 0.25) is 0 Å². The number of hydrogen-bond donors (Lipinski definition) is 1. The van der Waals surface area contributed by atoms with Crippen molar-refractivity contribution in [2.45, 2.75) is 33.6 Å². The number of piperidine rings is 1. The number of methoxy groups -OCH3 is 1. The van der Waals surface area contributed by atoms with Gasteiger partial charge in [-0.15, -0.1) is 0 Å². The number of rotatable bonds is 3. The number of amides is 2. The van der Waals surface area contributed by atoms with Gasteiger partial charge in [0, 0.05) is 24.2 Å². The second-order valence-electron chi connectivity index (χ2n) is 7.06. The monoisotopic (exact) mass is 318 g/mol. The largest absolute Gasteiger partial charge is 0.497 e. The van der Waals surface area contributed by atoms with E-state index in [4.69, 9.17) is 4.74 Å². The van der Waals surface area contributed by atoms with Crippen molar-refractivity contribution in [3.05, 3.63) is 24.3 Å². The highest BCUT2D eigenvalue weighted by Crippen LogP contribution is 2.24. The van der Waals surface area contributed by atoms with Crippen LogP contribution in [0, 0.1) is 11.3 Å². The molecule has 0 unspecified atom stereocenters. The number of nitrogens with zero attached hydrogens (tertiary/aromatic N) is 1. The van der Waals surface area contributed by atoms with Crippen molar-refractivity contribution >= 4 is 17.5 Å². The van der Waals surface area contributed by atoms with Gasteiger partial charge in [-0.1, -0.05) is 20.8 Å². The number of carbonyl (C=O) groups is 2. The van der Waals surface area contributed by atoms with Crippen molar-refractivity contribution in [3.63, 3.8) is 0 Å². The molecule has 1 aliphatic heterocycles. The van der Waals surface area contributed by atoms with Crippen molar-refractivity contribution in [2.75, 3.05) is 25.5 Å². The molecule has 1 aromatic rings. The van der Waals surface area contributed by atoms with Gasteiger partial charge in [-0.3, -0.25) is 9.59 Å². The Morgan fingerprint density at radius 1 is 1.22 bits per heavy atom. The summed E-state index contributed by atoms with van der Waals surface area (Å²) in [5, 5.41) is 2.93. The molecule has 1 atom stereocenters. The Balaban J connectivity index is 1.97. The molecular formula is C18H26N2O3. The van der Waals surface area contributed by atoms with Gasteiger partial charge < -0.3 is 15.0 Å². The number of hydrogen-bond acceptors (Lipinski definition) is 3. The van der Waals surface area contributed by atoms with E-state index in [0.29, 0.717) is 6.54 Å². The van der Waals surface area contributed by atoms with Crippen LogP contribution in [-0.4, -0.2) is 36.9 Å². The number of anilines is 1. The fourth-order valence-corrected chi connectivity index (χ4v) is 2.77. The zero-order valence-corrected chi connectivity index (χ0v) is 14.4. The lowest BCUT2D eigenvalue weighted by molar-refractivity contribution is -0.142. The molecule has 1 aliphatic rings. The molecule has 1 heterocycles. The van der Waals surface area contributed by atoms with Gasteiger partial charge in [0.25, 0.3) is 0 Å². The van der Waals surface area contributed by atoms with E-state index in [1.54, 1.807) is 7.11 Å². The summed E-state index contributed by atoms with van der Waals surface area (Å²) in [6, 6.07) is 7.26. The van der Waals surface area contributed by atoms with Gasteiger partial charge in [0.05, 0.1) is 13.0 Å². The van der Waals surface area contributed by atoms with Gasteiger partial charge in [0.15, 0.2) is 0 Å². The Kier molecular flexibility index (Phi) is 5.29. The lowest BCUT2D eigenvalue weighted by atomic mass is 9.91. The number of nitrogens with one attached hydrogen (secondary N) is 1. The highest BCUT2D eigenvalue weighted by Gasteiger charge is 2.33. The van der Waals surface area contributed by atoms with Crippen molar-refractivity contribution in [2.24, 2.45) is 11.3 Å². The van der Waals surface area contributed by atoms with E-state index in [1.807, 2.05) is 49.9 Å². The molecule has 1 saturated heterocycles. The van der Waals surface area contributed by atoms with Crippen molar-refractivity contribution in [3.8, 4) is 5.75 Å². The van der Waals surface area contributed by atoms with E-state index in [1.165, 1.54) is 0 Å². The van der Waals surface area contributed by atoms with Crippen molar-refractivity contribution in [1.29, 1.82) is 0 Å². The average molecular weight is 318 g/mol. The molecule has 23 heavy (non-hydrogen) atoms. The maximum absolute atomic E-state index is 12.5. The lowest BCUT2D eigenvalue weighted by Crippen LogP contribution is -2.47. The van der Waals surface area contributed by atoms with Crippen LogP contribution in [0.15, 0.2) is 24.3 Å². The van der Waals surface area contributed by atoms with Crippen LogP contribution < -0.4 is 10.1 Å². The molecule has 2 amide bonds. The first-order valence-corrected chi connectivity index (χ1v) is 8.05. The molecule has 5 heteroatoms. The normalized spacial score (nSPS) is 18.4. The predicted octanol–water partition coefficient (Wildman–Crippen LogP) is 2.92. The van der Waals surface area contributed by atoms with Crippen molar-refractivity contribution < 1.29 is 14.3 Å². The average Bonchev–Trinajstić information content (AvgIpc) is 2.54. The summed E-state index contributed by atoms with van der Waals surface area (Å²) in [4.78, 5) is 26.7.